The van der Waals surface area contributed by atoms with Gasteiger partial charge in [0, 0.05) is 26.6 Å². The van der Waals surface area contributed by atoms with Crippen molar-refractivity contribution in [2.45, 2.75) is 32.6 Å². The van der Waals surface area contributed by atoms with Crippen LogP contribution in [0.4, 0.5) is 0 Å². The summed E-state index contributed by atoms with van der Waals surface area (Å²) in [7, 11) is 1.69. The summed E-state index contributed by atoms with van der Waals surface area (Å²) in [5.74, 6) is 1.90. The minimum atomic E-state index is 0.437. The lowest BCUT2D eigenvalue weighted by atomic mass is 10.0. The molecule has 0 spiro atoms. The van der Waals surface area contributed by atoms with Gasteiger partial charge in [0.1, 0.15) is 0 Å². The summed E-state index contributed by atoms with van der Waals surface area (Å²) < 4.78 is 10.1. The molecule has 0 bridgehead atoms. The zero-order chi connectivity index (χ0) is 11.8. The molecule has 0 saturated carbocycles. The second-order valence-corrected chi connectivity index (χ2v) is 3.91. The Hall–Kier alpha value is -0.940. The molecular weight excluding hydrogens is 206 g/mol. The summed E-state index contributed by atoms with van der Waals surface area (Å²) in [4.78, 5) is 4.33. The van der Waals surface area contributed by atoms with Crippen LogP contribution < -0.4 is 5.73 Å². The zero-order valence-electron chi connectivity index (χ0n) is 10.1. The van der Waals surface area contributed by atoms with E-state index in [-0.39, 0.29) is 0 Å². The lowest BCUT2D eigenvalue weighted by molar-refractivity contribution is 0.194. The van der Waals surface area contributed by atoms with Crippen molar-refractivity contribution in [2.75, 3.05) is 20.3 Å². The van der Waals surface area contributed by atoms with E-state index in [1.807, 2.05) is 0 Å². The first-order valence-corrected chi connectivity index (χ1v) is 5.80. The number of nitrogens with zero attached hydrogens (tertiary/aromatic N) is 2. The largest absolute Gasteiger partial charge is 0.385 e. The quantitative estimate of drug-likeness (QED) is 0.675. The second kappa shape index (κ2) is 7.35. The number of ether oxygens (including phenoxy) is 1. The zero-order valence-corrected chi connectivity index (χ0v) is 10.1. The van der Waals surface area contributed by atoms with E-state index in [0.29, 0.717) is 18.4 Å². The summed E-state index contributed by atoms with van der Waals surface area (Å²) in [6.45, 7) is 3.51. The summed E-state index contributed by atoms with van der Waals surface area (Å²) in [5.41, 5.74) is 5.63. The number of rotatable bonds is 8. The summed E-state index contributed by atoms with van der Waals surface area (Å²) in [6, 6.07) is 0. The highest BCUT2D eigenvalue weighted by molar-refractivity contribution is 4.88. The molecule has 0 aliphatic rings. The fourth-order valence-electron chi connectivity index (χ4n) is 1.49. The van der Waals surface area contributed by atoms with Crippen LogP contribution >= 0.6 is 0 Å². The standard InChI is InChI=1S/C11H21N3O2/c1-3-9(8-12)7-11-13-10(14-16-11)5-4-6-15-2/h9H,3-8,12H2,1-2H3. The lowest BCUT2D eigenvalue weighted by Gasteiger charge is -2.07. The van der Waals surface area contributed by atoms with Crippen molar-refractivity contribution in [1.82, 2.24) is 10.1 Å². The molecule has 0 amide bonds. The third-order valence-corrected chi connectivity index (χ3v) is 2.63. The van der Waals surface area contributed by atoms with Crippen LogP contribution in [0.3, 0.4) is 0 Å². The molecule has 5 heteroatoms. The SMILES string of the molecule is CCC(CN)Cc1nc(CCCOC)no1. The average Bonchev–Trinajstić information content (AvgIpc) is 2.74. The Balaban J connectivity index is 2.38. The van der Waals surface area contributed by atoms with Crippen LogP contribution in [0.5, 0.6) is 0 Å². The highest BCUT2D eigenvalue weighted by Gasteiger charge is 2.11. The van der Waals surface area contributed by atoms with E-state index in [2.05, 4.69) is 17.1 Å². The molecule has 0 radical (unpaired) electrons. The molecule has 1 atom stereocenters. The molecule has 1 aromatic heterocycles. The predicted octanol–water partition coefficient (Wildman–Crippen LogP) is 1.18. The molecule has 5 nitrogen and oxygen atoms in total. The van der Waals surface area contributed by atoms with E-state index < -0.39 is 0 Å². The fraction of sp³-hybridized carbons (Fsp3) is 0.818. The number of aryl methyl sites for hydroxylation is 1. The molecule has 0 aliphatic heterocycles. The van der Waals surface area contributed by atoms with Crippen LogP contribution in [0.1, 0.15) is 31.5 Å². The Labute approximate surface area is 96.4 Å². The summed E-state index contributed by atoms with van der Waals surface area (Å²) in [6.07, 6.45) is 3.54. The van der Waals surface area contributed by atoms with Gasteiger partial charge in [0.15, 0.2) is 5.82 Å². The molecule has 0 aliphatic carbocycles. The van der Waals surface area contributed by atoms with Crippen molar-refractivity contribution in [2.24, 2.45) is 11.7 Å². The smallest absolute Gasteiger partial charge is 0.226 e. The van der Waals surface area contributed by atoms with Gasteiger partial charge in [0.25, 0.3) is 0 Å². The van der Waals surface area contributed by atoms with Crippen molar-refractivity contribution in [3.8, 4) is 0 Å². The molecule has 0 aromatic carbocycles. The van der Waals surface area contributed by atoms with Gasteiger partial charge in [-0.05, 0) is 18.9 Å². The maximum atomic E-state index is 5.63. The van der Waals surface area contributed by atoms with Gasteiger partial charge in [0.2, 0.25) is 5.89 Å². The van der Waals surface area contributed by atoms with Crippen LogP contribution in [0.15, 0.2) is 4.52 Å². The minimum absolute atomic E-state index is 0.437. The normalized spacial score (nSPS) is 12.9. The lowest BCUT2D eigenvalue weighted by Crippen LogP contribution is -2.16. The number of methoxy groups -OCH3 is 1. The van der Waals surface area contributed by atoms with Crippen molar-refractivity contribution < 1.29 is 9.26 Å². The van der Waals surface area contributed by atoms with Crippen molar-refractivity contribution in [3.63, 3.8) is 0 Å². The molecule has 1 unspecified atom stereocenters. The van der Waals surface area contributed by atoms with Gasteiger partial charge in [-0.3, -0.25) is 0 Å². The maximum Gasteiger partial charge on any atom is 0.226 e. The van der Waals surface area contributed by atoms with Crippen molar-refractivity contribution in [1.29, 1.82) is 0 Å². The molecule has 16 heavy (non-hydrogen) atoms. The topological polar surface area (TPSA) is 74.2 Å². The minimum Gasteiger partial charge on any atom is -0.385 e. The van der Waals surface area contributed by atoms with Crippen molar-refractivity contribution >= 4 is 0 Å². The van der Waals surface area contributed by atoms with Gasteiger partial charge in [-0.15, -0.1) is 0 Å². The highest BCUT2D eigenvalue weighted by Crippen LogP contribution is 2.09. The van der Waals surface area contributed by atoms with E-state index >= 15 is 0 Å². The van der Waals surface area contributed by atoms with Crippen LogP contribution in [-0.2, 0) is 17.6 Å². The fourth-order valence-corrected chi connectivity index (χ4v) is 1.49. The third-order valence-electron chi connectivity index (χ3n) is 2.63. The van der Waals surface area contributed by atoms with Crippen LogP contribution in [0.25, 0.3) is 0 Å². The third kappa shape index (κ3) is 4.28. The van der Waals surface area contributed by atoms with E-state index in [9.17, 15) is 0 Å². The Kier molecular flexibility index (Phi) is 6.03. The maximum absolute atomic E-state index is 5.63. The van der Waals surface area contributed by atoms with Gasteiger partial charge in [0.05, 0.1) is 0 Å². The molecular formula is C11H21N3O2. The van der Waals surface area contributed by atoms with Crippen LogP contribution in [0, 0.1) is 5.92 Å². The Bertz CT molecular complexity index is 285. The molecule has 1 rings (SSSR count). The van der Waals surface area contributed by atoms with Crippen molar-refractivity contribution in [3.05, 3.63) is 11.7 Å². The number of aromatic nitrogens is 2. The number of hydrogen-bond donors (Lipinski definition) is 1. The number of nitrogens with two attached hydrogens (primary N) is 1. The van der Waals surface area contributed by atoms with Gasteiger partial charge < -0.3 is 15.0 Å². The second-order valence-electron chi connectivity index (χ2n) is 3.91. The Morgan fingerprint density at radius 3 is 2.94 bits per heavy atom. The van der Waals surface area contributed by atoms with E-state index in [0.717, 1.165) is 38.1 Å². The van der Waals surface area contributed by atoms with E-state index in [1.165, 1.54) is 0 Å². The highest BCUT2D eigenvalue weighted by atomic mass is 16.5. The number of hydrogen-bond acceptors (Lipinski definition) is 5. The molecule has 1 heterocycles. The first-order chi connectivity index (χ1) is 7.80. The first kappa shape index (κ1) is 13.1. The van der Waals surface area contributed by atoms with Gasteiger partial charge in [-0.1, -0.05) is 18.5 Å². The molecule has 92 valence electrons. The summed E-state index contributed by atoms with van der Waals surface area (Å²) in [5, 5.41) is 3.93. The Morgan fingerprint density at radius 2 is 2.31 bits per heavy atom. The van der Waals surface area contributed by atoms with E-state index in [4.69, 9.17) is 15.0 Å². The van der Waals surface area contributed by atoms with Crippen LogP contribution in [0.2, 0.25) is 0 Å². The molecule has 2 N–H and O–H groups in total. The van der Waals surface area contributed by atoms with E-state index in [1.54, 1.807) is 7.11 Å². The van der Waals surface area contributed by atoms with Gasteiger partial charge in [-0.2, -0.15) is 4.98 Å². The van der Waals surface area contributed by atoms with Gasteiger partial charge in [-0.25, -0.2) is 0 Å². The molecule has 0 fully saturated rings. The first-order valence-electron chi connectivity index (χ1n) is 5.80. The molecule has 0 saturated heterocycles. The van der Waals surface area contributed by atoms with Crippen LogP contribution in [-0.4, -0.2) is 30.4 Å². The summed E-state index contributed by atoms with van der Waals surface area (Å²) >= 11 is 0. The monoisotopic (exact) mass is 227 g/mol. The predicted molar refractivity (Wildman–Crippen MR) is 61.0 cm³/mol. The Morgan fingerprint density at radius 1 is 1.50 bits per heavy atom. The average molecular weight is 227 g/mol. The molecule has 1 aromatic rings. The van der Waals surface area contributed by atoms with Gasteiger partial charge >= 0.3 is 0 Å².